The first-order chi connectivity index (χ1) is 30.6. The van der Waals surface area contributed by atoms with Crippen LogP contribution in [0.1, 0.15) is 142 Å². The predicted molar refractivity (Wildman–Crippen MR) is 265 cm³/mol. The van der Waals surface area contributed by atoms with Gasteiger partial charge in [-0.1, -0.05) is 160 Å². The zero-order valence-electron chi connectivity index (χ0n) is 40.0. The number of allylic oxidation sites excluding steroid dienone is 22. The van der Waals surface area contributed by atoms with Gasteiger partial charge >= 0.3 is 17.9 Å². The van der Waals surface area contributed by atoms with Crippen molar-refractivity contribution < 1.29 is 38.2 Å². The van der Waals surface area contributed by atoms with Crippen LogP contribution in [0, 0.1) is 0 Å². The van der Waals surface area contributed by atoms with Gasteiger partial charge in [0, 0.05) is 19.3 Å². The van der Waals surface area contributed by atoms with E-state index in [1.807, 2.05) is 33.3 Å². The molecule has 0 rings (SSSR count). The van der Waals surface area contributed by atoms with E-state index in [2.05, 4.69) is 135 Å². The minimum absolute atomic E-state index is 0.0168. The molecule has 0 aromatic rings. The van der Waals surface area contributed by atoms with Crippen molar-refractivity contribution in [2.75, 3.05) is 41.0 Å². The number of carbonyl (C=O) groups is 3. The van der Waals surface area contributed by atoms with E-state index in [1.165, 1.54) is 0 Å². The highest BCUT2D eigenvalue weighted by Crippen LogP contribution is 2.11. The van der Waals surface area contributed by atoms with Gasteiger partial charge in [-0.3, -0.25) is 9.59 Å². The second-order valence-corrected chi connectivity index (χ2v) is 16.2. The van der Waals surface area contributed by atoms with E-state index in [-0.39, 0.29) is 49.1 Å². The minimum Gasteiger partial charge on any atom is -0.477 e. The number of aliphatic carboxylic acids is 1. The Morgan fingerprint density at radius 3 is 1.29 bits per heavy atom. The lowest BCUT2D eigenvalue weighted by Crippen LogP contribution is -2.50. The zero-order chi connectivity index (χ0) is 46.3. The first-order valence-corrected chi connectivity index (χ1v) is 23.7. The summed E-state index contributed by atoms with van der Waals surface area (Å²) in [6, 6.07) is -0.640. The van der Waals surface area contributed by atoms with Crippen LogP contribution in [0.5, 0.6) is 0 Å². The monoisotopic (exact) mass is 873 g/mol. The molecule has 0 saturated heterocycles. The number of quaternary nitrogens is 1. The van der Waals surface area contributed by atoms with Gasteiger partial charge < -0.3 is 23.8 Å². The lowest BCUT2D eigenvalue weighted by atomic mass is 10.1. The van der Waals surface area contributed by atoms with E-state index in [1.54, 1.807) is 0 Å². The maximum Gasteiger partial charge on any atom is 0.362 e. The van der Waals surface area contributed by atoms with Gasteiger partial charge in [0.2, 0.25) is 0 Å². The summed E-state index contributed by atoms with van der Waals surface area (Å²) in [5.41, 5.74) is 0. The van der Waals surface area contributed by atoms with Crippen molar-refractivity contribution in [1.29, 1.82) is 0 Å². The number of hydrogen-bond donors (Lipinski definition) is 1. The van der Waals surface area contributed by atoms with Crippen LogP contribution in [0.25, 0.3) is 0 Å². The number of carboxylic acids is 1. The number of esters is 2. The number of carbonyl (C=O) groups excluding carboxylic acids is 2. The Morgan fingerprint density at radius 2 is 0.873 bits per heavy atom. The molecule has 8 nitrogen and oxygen atoms in total. The van der Waals surface area contributed by atoms with Crippen molar-refractivity contribution in [2.45, 2.75) is 154 Å². The number of likely N-dealkylation sites (N-methyl/N-ethyl adjacent to an activating group) is 1. The number of hydrogen-bond acceptors (Lipinski definition) is 6. The maximum atomic E-state index is 12.8. The number of carboxylic acid groups (broad SMARTS) is 1. The molecule has 0 radical (unpaired) electrons. The number of unbranched alkanes of at least 4 members (excludes halogenated alkanes) is 4. The Labute approximate surface area is 383 Å². The summed E-state index contributed by atoms with van der Waals surface area (Å²) in [6.07, 6.45) is 63.7. The van der Waals surface area contributed by atoms with Gasteiger partial charge in [0.05, 0.1) is 34.4 Å². The Morgan fingerprint density at radius 1 is 0.476 bits per heavy atom. The number of rotatable bonds is 40. The molecule has 8 heteroatoms. The molecular formula is C55H86NO7+. The molecule has 0 heterocycles. The van der Waals surface area contributed by atoms with E-state index < -0.39 is 18.1 Å². The molecule has 0 saturated carbocycles. The fourth-order valence-electron chi connectivity index (χ4n) is 5.97. The molecule has 352 valence electrons. The first-order valence-electron chi connectivity index (χ1n) is 23.7. The summed E-state index contributed by atoms with van der Waals surface area (Å²) < 4.78 is 17.2. The second-order valence-electron chi connectivity index (χ2n) is 16.2. The van der Waals surface area contributed by atoms with Crippen LogP contribution in [0.3, 0.4) is 0 Å². The fraction of sp³-hybridized carbons (Fsp3) is 0.545. The second kappa shape index (κ2) is 44.1. The Bertz CT molecular complexity index is 1480. The normalized spacial score (nSPS) is 14.1. The molecule has 0 aliphatic carbocycles. The molecule has 2 atom stereocenters. The van der Waals surface area contributed by atoms with E-state index in [9.17, 15) is 19.5 Å². The van der Waals surface area contributed by atoms with Crippen molar-refractivity contribution in [3.63, 3.8) is 0 Å². The third kappa shape index (κ3) is 42.5. The van der Waals surface area contributed by atoms with Gasteiger partial charge in [0.1, 0.15) is 6.61 Å². The Balaban J connectivity index is 4.51. The van der Waals surface area contributed by atoms with Crippen LogP contribution in [0.15, 0.2) is 134 Å². The smallest absolute Gasteiger partial charge is 0.362 e. The van der Waals surface area contributed by atoms with Crippen LogP contribution in [0.4, 0.5) is 0 Å². The largest absolute Gasteiger partial charge is 0.477 e. The number of nitrogens with zero attached hydrogens (tertiary/aromatic N) is 1. The Hall–Kier alpha value is -4.53. The predicted octanol–water partition coefficient (Wildman–Crippen LogP) is 13.6. The van der Waals surface area contributed by atoms with Crippen molar-refractivity contribution in [3.05, 3.63) is 134 Å². The Kier molecular flexibility index (Phi) is 40.9. The molecular weight excluding hydrogens is 787 g/mol. The lowest BCUT2D eigenvalue weighted by molar-refractivity contribution is -0.887. The lowest BCUT2D eigenvalue weighted by Gasteiger charge is -2.31. The van der Waals surface area contributed by atoms with Crippen LogP contribution in [-0.2, 0) is 28.6 Å². The minimum atomic E-state index is -0.896. The molecule has 63 heavy (non-hydrogen) atoms. The van der Waals surface area contributed by atoms with Gasteiger partial charge in [-0.15, -0.1) is 0 Å². The van der Waals surface area contributed by atoms with Crippen LogP contribution in [0.2, 0.25) is 0 Å². The highest BCUT2D eigenvalue weighted by molar-refractivity contribution is 5.72. The molecule has 0 bridgehead atoms. The average molecular weight is 873 g/mol. The summed E-state index contributed by atoms with van der Waals surface area (Å²) in [5.74, 6) is -1.63. The van der Waals surface area contributed by atoms with E-state index in [0.29, 0.717) is 19.3 Å². The SMILES string of the molecule is CC/C=C/C/C=C/C/C=C/C/C=C/C/C=C/C/C=C/CCC(=O)OCC(COCCC(C(=O)O)[N+](C)(C)C)OC(=O)CCCCCC/C=C/C/C=C/C/C=C/C/C=C/C/C=C/CC. The molecule has 0 amide bonds. The maximum absolute atomic E-state index is 12.8. The van der Waals surface area contributed by atoms with E-state index in [0.717, 1.165) is 96.3 Å². The van der Waals surface area contributed by atoms with Crippen molar-refractivity contribution >= 4 is 17.9 Å². The topological polar surface area (TPSA) is 99.1 Å². The highest BCUT2D eigenvalue weighted by Gasteiger charge is 2.31. The molecule has 0 aliphatic rings. The average Bonchev–Trinajstić information content (AvgIpc) is 3.24. The summed E-state index contributed by atoms with van der Waals surface area (Å²) in [4.78, 5) is 37.1. The first kappa shape index (κ1) is 58.5. The summed E-state index contributed by atoms with van der Waals surface area (Å²) in [6.45, 7) is 4.37. The van der Waals surface area contributed by atoms with E-state index >= 15 is 0 Å². The standard InChI is InChI=1S/C55H85NO7/c1-6-8-10-12-14-16-18-20-22-24-26-28-30-32-34-36-38-40-42-44-46-54(58)63-51(49-61-48-47-52(55(59)60)56(3,4)5)50-62-53(57)45-43-41-39-37-35-33-31-29-27-25-23-21-19-17-15-13-11-9-7-2/h8-11,14-17,20-23,26-29,32-35,39,41,51-52H,6-7,12-13,18-19,24-25,30-31,36-38,40,42-50H2,1-5H3/p+1/b10-8+,11-9+,16-14+,17-15+,22-20+,23-21+,28-26+,29-27+,34-32+,35-33+,41-39+. The third-order valence-corrected chi connectivity index (χ3v) is 9.56. The molecule has 0 fully saturated rings. The van der Waals surface area contributed by atoms with Crippen molar-refractivity contribution in [2.24, 2.45) is 0 Å². The van der Waals surface area contributed by atoms with Crippen LogP contribution < -0.4 is 0 Å². The molecule has 1 N–H and O–H groups in total. The molecule has 0 spiro atoms. The molecule has 0 aromatic carbocycles. The van der Waals surface area contributed by atoms with Gasteiger partial charge in [-0.05, 0) is 96.3 Å². The van der Waals surface area contributed by atoms with Crippen LogP contribution >= 0.6 is 0 Å². The zero-order valence-corrected chi connectivity index (χ0v) is 40.0. The van der Waals surface area contributed by atoms with Gasteiger partial charge in [-0.2, -0.15) is 0 Å². The fourth-order valence-corrected chi connectivity index (χ4v) is 5.97. The van der Waals surface area contributed by atoms with Gasteiger partial charge in [0.15, 0.2) is 12.1 Å². The van der Waals surface area contributed by atoms with Crippen molar-refractivity contribution in [1.82, 2.24) is 0 Å². The molecule has 0 aliphatic heterocycles. The summed E-state index contributed by atoms with van der Waals surface area (Å²) >= 11 is 0. The molecule has 0 aromatic heterocycles. The quantitative estimate of drug-likeness (QED) is 0.0283. The highest BCUT2D eigenvalue weighted by atomic mass is 16.6. The summed E-state index contributed by atoms with van der Waals surface area (Å²) in [7, 11) is 5.48. The number of ether oxygens (including phenoxy) is 3. The third-order valence-electron chi connectivity index (χ3n) is 9.56. The van der Waals surface area contributed by atoms with Gasteiger partial charge in [0.25, 0.3) is 0 Å². The van der Waals surface area contributed by atoms with Crippen molar-refractivity contribution in [3.8, 4) is 0 Å². The molecule has 2 unspecified atom stereocenters. The van der Waals surface area contributed by atoms with Crippen LogP contribution in [-0.4, -0.2) is 80.6 Å². The van der Waals surface area contributed by atoms with E-state index in [4.69, 9.17) is 14.2 Å². The van der Waals surface area contributed by atoms with Gasteiger partial charge in [-0.25, -0.2) is 4.79 Å². The summed E-state index contributed by atoms with van der Waals surface area (Å²) in [5, 5.41) is 9.64.